The van der Waals surface area contributed by atoms with Crippen LogP contribution in [0.5, 0.6) is 5.75 Å². The molecular formula is C15H15BrN2OS. The van der Waals surface area contributed by atoms with Crippen molar-refractivity contribution in [1.29, 1.82) is 0 Å². The first-order valence-corrected chi connectivity index (χ1v) is 7.27. The molecule has 0 aliphatic carbocycles. The van der Waals surface area contributed by atoms with Gasteiger partial charge in [-0.15, -0.1) is 0 Å². The molecule has 2 aromatic carbocycles. The molecule has 0 unspecified atom stereocenters. The van der Waals surface area contributed by atoms with Crippen molar-refractivity contribution in [3.63, 3.8) is 0 Å². The van der Waals surface area contributed by atoms with E-state index in [1.165, 1.54) is 0 Å². The van der Waals surface area contributed by atoms with Gasteiger partial charge in [-0.25, -0.2) is 0 Å². The Morgan fingerprint density at radius 2 is 1.95 bits per heavy atom. The second kappa shape index (κ2) is 6.72. The zero-order valence-corrected chi connectivity index (χ0v) is 13.6. The molecule has 0 radical (unpaired) electrons. The minimum Gasteiger partial charge on any atom is -0.497 e. The van der Waals surface area contributed by atoms with Gasteiger partial charge in [0.1, 0.15) is 5.75 Å². The average Bonchev–Trinajstić information content (AvgIpc) is 2.42. The second-order valence-electron chi connectivity index (χ2n) is 4.27. The van der Waals surface area contributed by atoms with E-state index in [0.29, 0.717) is 5.11 Å². The van der Waals surface area contributed by atoms with E-state index in [4.69, 9.17) is 17.0 Å². The highest BCUT2D eigenvalue weighted by atomic mass is 79.9. The van der Waals surface area contributed by atoms with Gasteiger partial charge in [0.25, 0.3) is 0 Å². The first kappa shape index (κ1) is 14.8. The van der Waals surface area contributed by atoms with Crippen molar-refractivity contribution >= 4 is 44.6 Å². The number of nitrogens with one attached hydrogen (secondary N) is 2. The summed E-state index contributed by atoms with van der Waals surface area (Å²) in [6.45, 7) is 2.03. The molecule has 0 heterocycles. The molecule has 0 atom stereocenters. The Bertz CT molecular complexity index is 631. The first-order valence-electron chi connectivity index (χ1n) is 6.06. The van der Waals surface area contributed by atoms with Crippen LogP contribution >= 0.6 is 28.1 Å². The van der Waals surface area contributed by atoms with Gasteiger partial charge in [-0.2, -0.15) is 0 Å². The minimum absolute atomic E-state index is 0.545. The topological polar surface area (TPSA) is 33.3 Å². The van der Waals surface area contributed by atoms with Crippen LogP contribution in [-0.4, -0.2) is 12.2 Å². The molecule has 0 aromatic heterocycles. The van der Waals surface area contributed by atoms with Gasteiger partial charge in [0.05, 0.1) is 7.11 Å². The Labute approximate surface area is 132 Å². The van der Waals surface area contributed by atoms with Crippen molar-refractivity contribution in [2.45, 2.75) is 6.92 Å². The van der Waals surface area contributed by atoms with Crippen LogP contribution in [0.15, 0.2) is 46.9 Å². The molecule has 104 valence electrons. The molecule has 0 fully saturated rings. The van der Waals surface area contributed by atoms with Crippen molar-refractivity contribution in [2.24, 2.45) is 0 Å². The summed E-state index contributed by atoms with van der Waals surface area (Å²) in [5, 5.41) is 6.86. The maximum Gasteiger partial charge on any atom is 0.175 e. The first-order chi connectivity index (χ1) is 9.58. The Hall–Kier alpha value is -1.59. The summed E-state index contributed by atoms with van der Waals surface area (Å²) in [4.78, 5) is 0. The lowest BCUT2D eigenvalue weighted by molar-refractivity contribution is 0.415. The monoisotopic (exact) mass is 350 g/mol. The van der Waals surface area contributed by atoms with Crippen LogP contribution < -0.4 is 15.4 Å². The lowest BCUT2D eigenvalue weighted by Crippen LogP contribution is -2.19. The highest BCUT2D eigenvalue weighted by molar-refractivity contribution is 9.10. The van der Waals surface area contributed by atoms with Crippen molar-refractivity contribution in [3.05, 3.63) is 52.5 Å². The molecule has 0 saturated heterocycles. The van der Waals surface area contributed by atoms with Crippen LogP contribution in [0.25, 0.3) is 0 Å². The number of methoxy groups -OCH3 is 1. The SMILES string of the molecule is COc1cccc(NC(=S)Nc2ccc(Br)cc2C)c1. The molecule has 2 rings (SSSR count). The van der Waals surface area contributed by atoms with Crippen molar-refractivity contribution in [3.8, 4) is 5.75 Å². The van der Waals surface area contributed by atoms with E-state index in [1.807, 2.05) is 49.4 Å². The predicted molar refractivity (Wildman–Crippen MR) is 91.7 cm³/mol. The molecular weight excluding hydrogens is 336 g/mol. The van der Waals surface area contributed by atoms with Crippen LogP contribution in [0.3, 0.4) is 0 Å². The fourth-order valence-corrected chi connectivity index (χ4v) is 2.46. The van der Waals surface area contributed by atoms with Crippen LogP contribution in [0.4, 0.5) is 11.4 Å². The average molecular weight is 351 g/mol. The third-order valence-electron chi connectivity index (χ3n) is 2.76. The molecule has 2 N–H and O–H groups in total. The normalized spacial score (nSPS) is 9.95. The van der Waals surface area contributed by atoms with Gasteiger partial charge in [0, 0.05) is 21.9 Å². The molecule has 2 aromatic rings. The standard InChI is InChI=1S/C15H15BrN2OS/c1-10-8-11(16)6-7-14(10)18-15(20)17-12-4-3-5-13(9-12)19-2/h3-9H,1-2H3,(H2,17,18,20). The van der Waals surface area contributed by atoms with Crippen LogP contribution in [0.1, 0.15) is 5.56 Å². The van der Waals surface area contributed by atoms with Gasteiger partial charge in [-0.3, -0.25) is 0 Å². The van der Waals surface area contributed by atoms with Crippen molar-refractivity contribution in [1.82, 2.24) is 0 Å². The maximum absolute atomic E-state index is 5.32. The summed E-state index contributed by atoms with van der Waals surface area (Å²) in [6.07, 6.45) is 0. The van der Waals surface area contributed by atoms with Gasteiger partial charge in [0.2, 0.25) is 0 Å². The number of ether oxygens (including phenoxy) is 1. The molecule has 5 heteroatoms. The molecule has 0 spiro atoms. The van der Waals surface area contributed by atoms with Crippen LogP contribution in [-0.2, 0) is 0 Å². The van der Waals surface area contributed by atoms with Gasteiger partial charge >= 0.3 is 0 Å². The minimum atomic E-state index is 0.545. The number of halogens is 1. The quantitative estimate of drug-likeness (QED) is 0.794. The van der Waals surface area contributed by atoms with E-state index in [2.05, 4.69) is 26.6 Å². The fourth-order valence-electron chi connectivity index (χ4n) is 1.75. The number of rotatable bonds is 3. The second-order valence-corrected chi connectivity index (χ2v) is 5.59. The van der Waals surface area contributed by atoms with E-state index >= 15 is 0 Å². The largest absolute Gasteiger partial charge is 0.497 e. The Morgan fingerprint density at radius 1 is 1.15 bits per heavy atom. The number of benzene rings is 2. The van der Waals surface area contributed by atoms with Gasteiger partial charge in [-0.05, 0) is 55.0 Å². The number of anilines is 2. The Morgan fingerprint density at radius 3 is 2.65 bits per heavy atom. The number of hydrogen-bond acceptors (Lipinski definition) is 2. The van der Waals surface area contributed by atoms with Gasteiger partial charge in [-0.1, -0.05) is 22.0 Å². The van der Waals surface area contributed by atoms with Crippen LogP contribution in [0, 0.1) is 6.92 Å². The van der Waals surface area contributed by atoms with E-state index < -0.39 is 0 Å². The predicted octanol–water partition coefficient (Wildman–Crippen LogP) is 4.58. The summed E-state index contributed by atoms with van der Waals surface area (Å²) in [7, 11) is 1.64. The maximum atomic E-state index is 5.32. The van der Waals surface area contributed by atoms with E-state index in [1.54, 1.807) is 7.11 Å². The zero-order valence-electron chi connectivity index (χ0n) is 11.2. The third-order valence-corrected chi connectivity index (χ3v) is 3.46. The van der Waals surface area contributed by atoms with Gasteiger partial charge in [0.15, 0.2) is 5.11 Å². The summed E-state index contributed by atoms with van der Waals surface area (Å²) < 4.78 is 6.23. The van der Waals surface area contributed by atoms with Crippen molar-refractivity contribution in [2.75, 3.05) is 17.7 Å². The van der Waals surface area contributed by atoms with E-state index in [0.717, 1.165) is 27.2 Å². The molecule has 0 amide bonds. The lowest BCUT2D eigenvalue weighted by atomic mass is 10.2. The highest BCUT2D eigenvalue weighted by Gasteiger charge is 2.03. The van der Waals surface area contributed by atoms with Gasteiger partial charge < -0.3 is 15.4 Å². The zero-order chi connectivity index (χ0) is 14.5. The molecule has 0 aliphatic rings. The summed E-state index contributed by atoms with van der Waals surface area (Å²) >= 11 is 8.76. The molecule has 0 bridgehead atoms. The van der Waals surface area contributed by atoms with Crippen LogP contribution in [0.2, 0.25) is 0 Å². The summed E-state index contributed by atoms with van der Waals surface area (Å²) in [5.41, 5.74) is 2.99. The molecule has 3 nitrogen and oxygen atoms in total. The molecule has 0 aliphatic heterocycles. The Balaban J connectivity index is 2.05. The van der Waals surface area contributed by atoms with Crippen molar-refractivity contribution < 1.29 is 4.74 Å². The number of aryl methyl sites for hydroxylation is 1. The number of hydrogen-bond donors (Lipinski definition) is 2. The summed E-state index contributed by atoms with van der Waals surface area (Å²) in [6, 6.07) is 13.6. The lowest BCUT2D eigenvalue weighted by Gasteiger charge is -2.13. The highest BCUT2D eigenvalue weighted by Crippen LogP contribution is 2.21. The fraction of sp³-hybridized carbons (Fsp3) is 0.133. The molecule has 0 saturated carbocycles. The smallest absolute Gasteiger partial charge is 0.175 e. The molecule has 20 heavy (non-hydrogen) atoms. The van der Waals surface area contributed by atoms with E-state index in [-0.39, 0.29) is 0 Å². The Kier molecular flexibility index (Phi) is 4.98. The van der Waals surface area contributed by atoms with E-state index in [9.17, 15) is 0 Å². The third kappa shape index (κ3) is 3.95. The number of thiocarbonyl (C=S) groups is 1. The summed E-state index contributed by atoms with van der Waals surface area (Å²) in [5.74, 6) is 0.789.